The summed E-state index contributed by atoms with van der Waals surface area (Å²) in [5.41, 5.74) is 0.766. The number of anilines is 1. The number of aromatic amines is 1. The van der Waals surface area contributed by atoms with Crippen LogP contribution in [0.1, 0.15) is 5.82 Å². The van der Waals surface area contributed by atoms with Gasteiger partial charge < -0.3 is 10.1 Å². The maximum Gasteiger partial charge on any atom is 0.234 e. The zero-order chi connectivity index (χ0) is 20.1. The van der Waals surface area contributed by atoms with Crippen LogP contribution < -0.4 is 10.1 Å². The summed E-state index contributed by atoms with van der Waals surface area (Å²) in [6.07, 6.45) is 0. The van der Waals surface area contributed by atoms with Crippen LogP contribution in [0.3, 0.4) is 0 Å². The Hall–Kier alpha value is -3.39. The third-order valence-electron chi connectivity index (χ3n) is 4.11. The number of carbonyl (C=O) groups excluding carboxylic acids is 1. The van der Waals surface area contributed by atoms with Gasteiger partial charge in [0.2, 0.25) is 11.1 Å². The van der Waals surface area contributed by atoms with E-state index in [-0.39, 0.29) is 24.0 Å². The number of halogens is 1. The summed E-state index contributed by atoms with van der Waals surface area (Å²) in [6.45, 7) is 0.0523. The Morgan fingerprint density at radius 1 is 1.07 bits per heavy atom. The highest BCUT2D eigenvalue weighted by molar-refractivity contribution is 7.99. The summed E-state index contributed by atoms with van der Waals surface area (Å²) >= 11 is 1.20. The van der Waals surface area contributed by atoms with Crippen LogP contribution in [-0.2, 0) is 11.4 Å². The molecule has 29 heavy (non-hydrogen) atoms. The number of fused-ring (bicyclic) bond motifs is 1. The first kappa shape index (κ1) is 18.9. The maximum atomic E-state index is 13.6. The number of hydrogen-bond donors (Lipinski definition) is 2. The Morgan fingerprint density at radius 3 is 2.76 bits per heavy atom. The minimum absolute atomic E-state index is 0.0523. The van der Waals surface area contributed by atoms with Crippen molar-refractivity contribution in [2.45, 2.75) is 11.8 Å². The normalized spacial score (nSPS) is 10.8. The number of aromatic nitrogens is 3. The van der Waals surface area contributed by atoms with Crippen molar-refractivity contribution in [1.82, 2.24) is 15.2 Å². The summed E-state index contributed by atoms with van der Waals surface area (Å²) < 4.78 is 18.9. The number of ether oxygens (including phenoxy) is 1. The van der Waals surface area contributed by atoms with Crippen molar-refractivity contribution in [3.05, 3.63) is 78.4 Å². The quantitative estimate of drug-likeness (QED) is 0.443. The number of nitrogens with one attached hydrogen (secondary N) is 2. The van der Waals surface area contributed by atoms with E-state index < -0.39 is 5.82 Å². The number of H-pyrrole nitrogens is 1. The molecule has 6 nitrogen and oxygen atoms in total. The van der Waals surface area contributed by atoms with Crippen LogP contribution in [0.25, 0.3) is 10.8 Å². The molecular formula is C21H17FN4O2S. The Morgan fingerprint density at radius 2 is 1.86 bits per heavy atom. The van der Waals surface area contributed by atoms with Crippen LogP contribution >= 0.6 is 11.8 Å². The van der Waals surface area contributed by atoms with E-state index in [1.165, 1.54) is 17.8 Å². The summed E-state index contributed by atoms with van der Waals surface area (Å²) in [5, 5.41) is 12.2. The van der Waals surface area contributed by atoms with Crippen molar-refractivity contribution >= 4 is 34.1 Å². The maximum absolute atomic E-state index is 13.6. The van der Waals surface area contributed by atoms with Crippen molar-refractivity contribution in [2.75, 3.05) is 11.1 Å². The molecule has 0 saturated heterocycles. The minimum Gasteiger partial charge on any atom is -0.483 e. The molecule has 0 spiro atoms. The highest BCUT2D eigenvalue weighted by Gasteiger charge is 2.10. The van der Waals surface area contributed by atoms with E-state index in [2.05, 4.69) is 20.5 Å². The van der Waals surface area contributed by atoms with Crippen molar-refractivity contribution in [1.29, 1.82) is 0 Å². The second-order valence-corrected chi connectivity index (χ2v) is 7.09. The van der Waals surface area contributed by atoms with Crippen molar-refractivity contribution in [3.8, 4) is 5.75 Å². The second kappa shape index (κ2) is 8.74. The first-order valence-corrected chi connectivity index (χ1v) is 9.86. The van der Waals surface area contributed by atoms with E-state index in [1.54, 1.807) is 18.2 Å². The second-order valence-electron chi connectivity index (χ2n) is 6.15. The average molecular weight is 408 g/mol. The SMILES string of the molecule is O=C(CSc1n[nH]c(COc2ccccc2F)n1)Nc1cccc2ccccc12. The molecule has 0 fully saturated rings. The predicted octanol–water partition coefficient (Wildman–Crippen LogP) is 4.41. The van der Waals surface area contributed by atoms with E-state index in [4.69, 9.17) is 4.74 Å². The first-order valence-electron chi connectivity index (χ1n) is 8.88. The molecule has 0 aliphatic rings. The molecule has 146 valence electrons. The molecule has 0 aliphatic carbocycles. The molecule has 0 atom stereocenters. The number of amides is 1. The van der Waals surface area contributed by atoms with Gasteiger partial charge >= 0.3 is 0 Å². The Kier molecular flexibility index (Phi) is 5.71. The lowest BCUT2D eigenvalue weighted by molar-refractivity contribution is -0.113. The highest BCUT2D eigenvalue weighted by Crippen LogP contribution is 2.23. The van der Waals surface area contributed by atoms with Gasteiger partial charge in [-0.2, -0.15) is 0 Å². The molecule has 8 heteroatoms. The van der Waals surface area contributed by atoms with Crippen molar-refractivity contribution in [3.63, 3.8) is 0 Å². The van der Waals surface area contributed by atoms with E-state index in [0.717, 1.165) is 16.5 Å². The van der Waals surface area contributed by atoms with Crippen LogP contribution in [-0.4, -0.2) is 26.8 Å². The summed E-state index contributed by atoms with van der Waals surface area (Å²) in [7, 11) is 0. The van der Waals surface area contributed by atoms with E-state index in [9.17, 15) is 9.18 Å². The van der Waals surface area contributed by atoms with Gasteiger partial charge in [0, 0.05) is 11.1 Å². The molecule has 0 unspecified atom stereocenters. The molecule has 1 aromatic heterocycles. The van der Waals surface area contributed by atoms with Crippen molar-refractivity contribution in [2.24, 2.45) is 0 Å². The highest BCUT2D eigenvalue weighted by atomic mass is 32.2. The zero-order valence-electron chi connectivity index (χ0n) is 15.3. The standard InChI is InChI=1S/C21H17FN4O2S/c22-16-9-3-4-11-18(16)28-12-19-24-21(26-25-19)29-13-20(27)23-17-10-5-7-14-6-1-2-8-15(14)17/h1-11H,12-13H2,(H,23,27)(H,24,25,26). The smallest absolute Gasteiger partial charge is 0.234 e. The lowest BCUT2D eigenvalue weighted by atomic mass is 10.1. The lowest BCUT2D eigenvalue weighted by Gasteiger charge is -2.08. The van der Waals surface area contributed by atoms with Gasteiger partial charge in [-0.1, -0.05) is 60.3 Å². The number of thioether (sulfide) groups is 1. The van der Waals surface area contributed by atoms with Crippen LogP contribution in [0, 0.1) is 5.82 Å². The van der Waals surface area contributed by atoms with Crippen LogP contribution in [0.5, 0.6) is 5.75 Å². The fourth-order valence-electron chi connectivity index (χ4n) is 2.77. The number of nitrogens with zero attached hydrogens (tertiary/aromatic N) is 2. The number of hydrogen-bond acceptors (Lipinski definition) is 5. The monoisotopic (exact) mass is 408 g/mol. The third-order valence-corrected chi connectivity index (χ3v) is 4.96. The molecular weight excluding hydrogens is 391 g/mol. The number of para-hydroxylation sites is 1. The molecule has 0 bridgehead atoms. The van der Waals surface area contributed by atoms with Gasteiger partial charge in [0.1, 0.15) is 6.61 Å². The fourth-order valence-corrected chi connectivity index (χ4v) is 3.38. The van der Waals surface area contributed by atoms with E-state index >= 15 is 0 Å². The number of carbonyl (C=O) groups is 1. The molecule has 0 radical (unpaired) electrons. The molecule has 0 aliphatic heterocycles. The van der Waals surface area contributed by atoms with Gasteiger partial charge in [0.25, 0.3) is 0 Å². The van der Waals surface area contributed by atoms with Crippen LogP contribution in [0.15, 0.2) is 71.9 Å². The van der Waals surface area contributed by atoms with Crippen molar-refractivity contribution < 1.29 is 13.9 Å². The molecule has 1 heterocycles. The summed E-state index contributed by atoms with van der Waals surface area (Å²) in [5.74, 6) is 0.166. The molecule has 1 amide bonds. The lowest BCUT2D eigenvalue weighted by Crippen LogP contribution is -2.14. The topological polar surface area (TPSA) is 79.9 Å². The molecule has 0 saturated carbocycles. The third kappa shape index (κ3) is 4.72. The van der Waals surface area contributed by atoms with Gasteiger partial charge in [-0.05, 0) is 23.6 Å². The summed E-state index contributed by atoms with van der Waals surface area (Å²) in [4.78, 5) is 16.6. The van der Waals surface area contributed by atoms with Gasteiger partial charge in [-0.25, -0.2) is 9.37 Å². The minimum atomic E-state index is -0.438. The number of rotatable bonds is 7. The number of benzene rings is 3. The molecule has 3 aromatic carbocycles. The van der Waals surface area contributed by atoms with Gasteiger partial charge in [0.05, 0.1) is 5.75 Å². The first-order chi connectivity index (χ1) is 14.2. The van der Waals surface area contributed by atoms with E-state index in [1.807, 2.05) is 42.5 Å². The molecule has 4 aromatic rings. The Bertz CT molecular complexity index is 1140. The van der Waals surface area contributed by atoms with Gasteiger partial charge in [0.15, 0.2) is 17.4 Å². The molecule has 4 rings (SSSR count). The van der Waals surface area contributed by atoms with Gasteiger partial charge in [-0.15, -0.1) is 5.10 Å². The van der Waals surface area contributed by atoms with E-state index in [0.29, 0.717) is 11.0 Å². The van der Waals surface area contributed by atoms with Crippen LogP contribution in [0.4, 0.5) is 10.1 Å². The van der Waals surface area contributed by atoms with Gasteiger partial charge in [-0.3, -0.25) is 9.89 Å². The Labute approximate surface area is 170 Å². The predicted molar refractivity (Wildman–Crippen MR) is 110 cm³/mol. The average Bonchev–Trinajstić information content (AvgIpc) is 3.20. The fraction of sp³-hybridized carbons (Fsp3) is 0.0952. The van der Waals surface area contributed by atoms with Crippen LogP contribution in [0.2, 0.25) is 0 Å². The largest absolute Gasteiger partial charge is 0.483 e. The summed E-state index contributed by atoms with van der Waals surface area (Å²) in [6, 6.07) is 19.8. The Balaban J connectivity index is 1.31. The zero-order valence-corrected chi connectivity index (χ0v) is 16.1. The molecule has 2 N–H and O–H groups in total.